The molecule has 0 atom stereocenters. The van der Waals surface area contributed by atoms with Crippen LogP contribution in [0.2, 0.25) is 0 Å². The summed E-state index contributed by atoms with van der Waals surface area (Å²) in [6, 6.07) is 14.3. The quantitative estimate of drug-likeness (QED) is 0.841. The maximum Gasteiger partial charge on any atom is 0.128 e. The number of benzene rings is 1. The molecular weight excluding hydrogens is 328 g/mol. The van der Waals surface area contributed by atoms with E-state index in [1.165, 1.54) is 5.69 Å². The average Bonchev–Trinajstić information content (AvgIpc) is 2.56. The number of hydrogen-bond acceptors (Lipinski definition) is 4. The van der Waals surface area contributed by atoms with Crippen LogP contribution in [0.25, 0.3) is 0 Å². The molecule has 0 saturated carbocycles. The Kier molecular flexibility index (Phi) is 4.07. The van der Waals surface area contributed by atoms with Gasteiger partial charge in [-0.1, -0.05) is 15.9 Å². The zero-order valence-electron chi connectivity index (χ0n) is 11.5. The van der Waals surface area contributed by atoms with Crippen LogP contribution in [0.5, 0.6) is 0 Å². The van der Waals surface area contributed by atoms with Gasteiger partial charge in [0.15, 0.2) is 0 Å². The summed E-state index contributed by atoms with van der Waals surface area (Å²) in [5.74, 6) is 0.949. The lowest BCUT2D eigenvalue weighted by Gasteiger charge is -2.36. The Morgan fingerprint density at radius 1 is 0.952 bits per heavy atom. The summed E-state index contributed by atoms with van der Waals surface area (Å²) in [7, 11) is 0. The molecule has 2 heterocycles. The monoisotopic (exact) mass is 342 g/mol. The summed E-state index contributed by atoms with van der Waals surface area (Å²) >= 11 is 3.46. The van der Waals surface area contributed by atoms with Gasteiger partial charge in [0.25, 0.3) is 0 Å². The number of rotatable bonds is 2. The molecule has 106 valence electrons. The predicted octanol–water partition coefficient (Wildman–Crippen LogP) is 3.04. The fourth-order valence-corrected chi connectivity index (χ4v) is 2.75. The van der Waals surface area contributed by atoms with Crippen molar-refractivity contribution in [1.29, 1.82) is 5.26 Å². The van der Waals surface area contributed by atoms with Crippen molar-refractivity contribution in [2.24, 2.45) is 0 Å². The Hall–Kier alpha value is -2.06. The third kappa shape index (κ3) is 3.17. The molecule has 0 bridgehead atoms. The summed E-state index contributed by atoms with van der Waals surface area (Å²) in [5.41, 5.74) is 1.86. The highest BCUT2D eigenvalue weighted by Gasteiger charge is 2.18. The highest BCUT2D eigenvalue weighted by atomic mass is 79.9. The third-order valence-corrected chi connectivity index (χ3v) is 4.20. The summed E-state index contributed by atoms with van der Waals surface area (Å²) in [6.07, 6.45) is 1.64. The van der Waals surface area contributed by atoms with Gasteiger partial charge in [-0.05, 0) is 36.4 Å². The first-order chi connectivity index (χ1) is 10.3. The highest BCUT2D eigenvalue weighted by Crippen LogP contribution is 2.21. The smallest absolute Gasteiger partial charge is 0.128 e. The number of nitrogens with zero attached hydrogens (tertiary/aromatic N) is 4. The van der Waals surface area contributed by atoms with Crippen LogP contribution in [-0.4, -0.2) is 31.2 Å². The second-order valence-electron chi connectivity index (χ2n) is 4.97. The van der Waals surface area contributed by atoms with Crippen LogP contribution in [0.15, 0.2) is 47.1 Å². The van der Waals surface area contributed by atoms with E-state index in [0.29, 0.717) is 5.56 Å². The maximum absolute atomic E-state index is 8.81. The van der Waals surface area contributed by atoms with Gasteiger partial charge < -0.3 is 9.80 Å². The van der Waals surface area contributed by atoms with Crippen LogP contribution >= 0.6 is 15.9 Å². The molecule has 0 radical (unpaired) electrons. The van der Waals surface area contributed by atoms with Gasteiger partial charge in [0.2, 0.25) is 0 Å². The topological polar surface area (TPSA) is 43.2 Å². The molecule has 3 rings (SSSR count). The molecule has 0 aliphatic carbocycles. The van der Waals surface area contributed by atoms with Crippen molar-refractivity contribution in [3.05, 3.63) is 52.6 Å². The Labute approximate surface area is 132 Å². The average molecular weight is 343 g/mol. The predicted molar refractivity (Wildman–Crippen MR) is 87.5 cm³/mol. The van der Waals surface area contributed by atoms with Gasteiger partial charge in [-0.3, -0.25) is 0 Å². The number of anilines is 2. The molecule has 0 amide bonds. The van der Waals surface area contributed by atoms with Crippen LogP contribution in [-0.2, 0) is 0 Å². The van der Waals surface area contributed by atoms with Crippen molar-refractivity contribution in [2.45, 2.75) is 0 Å². The Morgan fingerprint density at radius 2 is 1.62 bits per heavy atom. The molecule has 1 aliphatic heterocycles. The minimum atomic E-state index is 0.604. The first-order valence-electron chi connectivity index (χ1n) is 6.88. The SMILES string of the molecule is N#Cc1ccc(N2CCN(c3ccc(Br)cc3)CC2)nc1. The molecule has 0 N–H and O–H groups in total. The van der Waals surface area contributed by atoms with E-state index in [0.717, 1.165) is 36.5 Å². The van der Waals surface area contributed by atoms with E-state index in [-0.39, 0.29) is 0 Å². The van der Waals surface area contributed by atoms with Crippen LogP contribution in [0.3, 0.4) is 0 Å². The molecule has 5 heteroatoms. The zero-order valence-corrected chi connectivity index (χ0v) is 13.1. The summed E-state index contributed by atoms with van der Waals surface area (Å²) in [6.45, 7) is 3.83. The van der Waals surface area contributed by atoms with Gasteiger partial charge in [0, 0.05) is 42.5 Å². The molecule has 1 aromatic heterocycles. The van der Waals surface area contributed by atoms with Crippen LogP contribution in [0.4, 0.5) is 11.5 Å². The van der Waals surface area contributed by atoms with Gasteiger partial charge in [0.1, 0.15) is 11.9 Å². The van der Waals surface area contributed by atoms with Crippen LogP contribution in [0.1, 0.15) is 5.56 Å². The second kappa shape index (κ2) is 6.15. The van der Waals surface area contributed by atoms with Gasteiger partial charge in [-0.25, -0.2) is 4.98 Å². The van der Waals surface area contributed by atoms with Crippen molar-refractivity contribution in [2.75, 3.05) is 36.0 Å². The first kappa shape index (κ1) is 13.9. The fourth-order valence-electron chi connectivity index (χ4n) is 2.48. The summed E-state index contributed by atoms with van der Waals surface area (Å²) < 4.78 is 1.10. The fraction of sp³-hybridized carbons (Fsp3) is 0.250. The maximum atomic E-state index is 8.81. The lowest BCUT2D eigenvalue weighted by Crippen LogP contribution is -2.46. The van der Waals surface area contributed by atoms with Crippen molar-refractivity contribution >= 4 is 27.4 Å². The van der Waals surface area contributed by atoms with E-state index >= 15 is 0 Å². The standard InChI is InChI=1S/C16H15BrN4/c17-14-2-4-15(5-3-14)20-7-9-21(10-8-20)16-6-1-13(11-18)12-19-16/h1-6,12H,7-10H2. The molecule has 2 aromatic rings. The Balaban J connectivity index is 1.64. The zero-order chi connectivity index (χ0) is 14.7. The van der Waals surface area contributed by atoms with Gasteiger partial charge in [-0.15, -0.1) is 0 Å². The molecule has 0 spiro atoms. The van der Waals surface area contributed by atoms with Crippen LogP contribution < -0.4 is 9.80 Å². The Bertz CT molecular complexity index is 637. The van der Waals surface area contributed by atoms with E-state index in [1.54, 1.807) is 6.20 Å². The molecule has 1 aromatic carbocycles. The van der Waals surface area contributed by atoms with Gasteiger partial charge in [0.05, 0.1) is 5.56 Å². The highest BCUT2D eigenvalue weighted by molar-refractivity contribution is 9.10. The molecule has 1 saturated heterocycles. The summed E-state index contributed by atoms with van der Waals surface area (Å²) in [5, 5.41) is 8.81. The summed E-state index contributed by atoms with van der Waals surface area (Å²) in [4.78, 5) is 9.00. The number of pyridine rings is 1. The van der Waals surface area contributed by atoms with Gasteiger partial charge >= 0.3 is 0 Å². The molecular formula is C16H15BrN4. The molecule has 1 aliphatic rings. The van der Waals surface area contributed by atoms with Crippen molar-refractivity contribution < 1.29 is 0 Å². The second-order valence-corrected chi connectivity index (χ2v) is 5.88. The minimum absolute atomic E-state index is 0.604. The van der Waals surface area contributed by atoms with E-state index < -0.39 is 0 Å². The Morgan fingerprint density at radius 3 is 2.19 bits per heavy atom. The number of aromatic nitrogens is 1. The largest absolute Gasteiger partial charge is 0.368 e. The lowest BCUT2D eigenvalue weighted by atomic mass is 10.2. The molecule has 0 unspecified atom stereocenters. The normalized spacial score (nSPS) is 14.9. The van der Waals surface area contributed by atoms with E-state index in [1.807, 2.05) is 12.1 Å². The molecule has 21 heavy (non-hydrogen) atoms. The van der Waals surface area contributed by atoms with E-state index in [2.05, 4.69) is 61.0 Å². The first-order valence-corrected chi connectivity index (χ1v) is 7.67. The lowest BCUT2D eigenvalue weighted by molar-refractivity contribution is 0.647. The number of hydrogen-bond donors (Lipinski definition) is 0. The number of nitriles is 1. The molecule has 1 fully saturated rings. The van der Waals surface area contributed by atoms with Gasteiger partial charge in [-0.2, -0.15) is 5.26 Å². The molecule has 4 nitrogen and oxygen atoms in total. The third-order valence-electron chi connectivity index (χ3n) is 3.67. The van der Waals surface area contributed by atoms with Crippen molar-refractivity contribution in [3.8, 4) is 6.07 Å². The van der Waals surface area contributed by atoms with Crippen LogP contribution in [0, 0.1) is 11.3 Å². The van der Waals surface area contributed by atoms with E-state index in [9.17, 15) is 0 Å². The minimum Gasteiger partial charge on any atom is -0.368 e. The van der Waals surface area contributed by atoms with Crippen molar-refractivity contribution in [3.63, 3.8) is 0 Å². The number of piperazine rings is 1. The van der Waals surface area contributed by atoms with E-state index in [4.69, 9.17) is 5.26 Å². The van der Waals surface area contributed by atoms with Crippen molar-refractivity contribution in [1.82, 2.24) is 4.98 Å². The number of halogens is 1.